The molecule has 0 radical (unpaired) electrons. The maximum absolute atomic E-state index is 10.2. The van der Waals surface area contributed by atoms with Crippen molar-refractivity contribution < 1.29 is 9.66 Å². The second-order valence-electron chi connectivity index (χ2n) is 6.97. The lowest BCUT2D eigenvalue weighted by Gasteiger charge is -2.05. The van der Waals surface area contributed by atoms with Crippen LogP contribution in [0, 0.1) is 10.1 Å². The molecule has 0 saturated heterocycles. The minimum atomic E-state index is -0.405. The second kappa shape index (κ2) is 28.7. The molecule has 0 spiro atoms. The van der Waals surface area contributed by atoms with Crippen LogP contribution in [0.3, 0.4) is 0 Å². The second-order valence-corrected chi connectivity index (χ2v) is 22.9. The summed E-state index contributed by atoms with van der Waals surface area (Å²) in [5.74, 6) is 0. The number of rotatable bonds is 11. The maximum Gasteiger partial charge on any atom is 0.269 e. The normalized spacial score (nSPS) is 9.71. The number of hydrogen-bond donors (Lipinski definition) is 1. The molecule has 0 saturated carbocycles. The summed E-state index contributed by atoms with van der Waals surface area (Å²) in [6.45, 7) is 3.82. The molecule has 2 N–H and O–H groups in total. The molecule has 2 rings (SSSR count). The largest absolute Gasteiger partial charge is 0.399 e. The minimum absolute atomic E-state index is 0.134. The molecule has 2 aromatic rings. The van der Waals surface area contributed by atoms with Crippen LogP contribution in [0.5, 0.6) is 0 Å². The van der Waals surface area contributed by atoms with Gasteiger partial charge in [0.2, 0.25) is 0 Å². The van der Waals surface area contributed by atoms with Crippen molar-refractivity contribution in [1.29, 1.82) is 0 Å². The van der Waals surface area contributed by atoms with Gasteiger partial charge in [-0.2, -0.15) is 0 Å². The number of nitro groups is 1. The molecule has 0 bridgehead atoms. The highest BCUT2D eigenvalue weighted by Gasteiger charge is 2.02. The minimum Gasteiger partial charge on any atom is -0.399 e. The van der Waals surface area contributed by atoms with Crippen molar-refractivity contribution in [2.45, 2.75) is 57.3 Å². The van der Waals surface area contributed by atoms with E-state index in [0.717, 1.165) is 23.1 Å². The number of nitrogens with zero attached hydrogens (tertiary/aromatic N) is 1. The van der Waals surface area contributed by atoms with E-state index in [4.69, 9.17) is 10.5 Å². The number of ether oxygens (including phenoxy) is 1. The average Bonchev–Trinajstić information content (AvgIpc) is 2.82. The van der Waals surface area contributed by atoms with Crippen molar-refractivity contribution in [1.82, 2.24) is 0 Å². The highest BCUT2D eigenvalue weighted by Crippen LogP contribution is 2.16. The van der Waals surface area contributed by atoms with Gasteiger partial charge in [-0.25, -0.2) is 0 Å². The first-order chi connectivity index (χ1) is 16.7. The van der Waals surface area contributed by atoms with Crippen molar-refractivity contribution >= 4 is 140 Å². The summed E-state index contributed by atoms with van der Waals surface area (Å²) in [6, 6.07) is 14.3. The number of nitrogens with two attached hydrogens (primary N) is 1. The molecular weight excluding hydrogens is 1080 g/mol. The molecule has 35 heavy (non-hydrogen) atoms. The van der Waals surface area contributed by atoms with Crippen LogP contribution >= 0.6 is 129 Å². The third-order valence-corrected chi connectivity index (χ3v) is 4.84. The molecule has 0 aliphatic heterocycles. The first kappa shape index (κ1) is 38.9. The van der Waals surface area contributed by atoms with E-state index >= 15 is 0 Å². The van der Waals surface area contributed by atoms with Gasteiger partial charge in [-0.05, 0) is 29.7 Å². The highest BCUT2D eigenvalue weighted by atomic mass is 127. The molecule has 0 heterocycles. The fraction of sp³-hybridized carbons (Fsp3) is 0.500. The fourth-order valence-corrected chi connectivity index (χ4v) is 2.87. The lowest BCUT2D eigenvalue weighted by atomic mass is 10.1. The lowest BCUT2D eigenvalue weighted by molar-refractivity contribution is -0.384. The van der Waals surface area contributed by atoms with Crippen LogP contribution in [-0.4, -0.2) is 13.9 Å². The molecule has 0 aliphatic carbocycles. The molecule has 5 nitrogen and oxygen atoms in total. The molecule has 2 aromatic carbocycles. The third-order valence-electron chi connectivity index (χ3n) is 4.19. The van der Waals surface area contributed by atoms with Crippen molar-refractivity contribution in [3.05, 3.63) is 69.8 Å². The molecule has 0 unspecified atom stereocenters. The topological polar surface area (TPSA) is 78.4 Å². The zero-order valence-electron chi connectivity index (χ0n) is 19.8. The van der Waals surface area contributed by atoms with E-state index in [9.17, 15) is 10.1 Å². The van der Waals surface area contributed by atoms with E-state index in [1.807, 2.05) is 24.3 Å². The maximum atomic E-state index is 10.2. The molecule has 0 fully saturated rings. The van der Waals surface area contributed by atoms with Gasteiger partial charge in [0.25, 0.3) is 5.69 Å². The van der Waals surface area contributed by atoms with Gasteiger partial charge in [0.15, 0.2) is 0 Å². The summed E-state index contributed by atoms with van der Waals surface area (Å²) in [5, 5.41) is 10.9. The van der Waals surface area contributed by atoms with Crippen molar-refractivity contribution in [2.75, 3.05) is 14.8 Å². The van der Waals surface area contributed by atoms with Gasteiger partial charge in [-0.3, -0.25) is 10.1 Å². The number of hydrogen-bond acceptors (Lipinski definition) is 4. The van der Waals surface area contributed by atoms with Gasteiger partial charge < -0.3 is 10.5 Å². The Kier molecular flexibility index (Phi) is 31.9. The summed E-state index contributed by atoms with van der Waals surface area (Å²) in [4.78, 5) is 9.79. The predicted octanol–water partition coefficient (Wildman–Crippen LogP) is 11.0. The van der Waals surface area contributed by atoms with Gasteiger partial charge in [-0.1, -0.05) is 192 Å². The summed E-state index contributed by atoms with van der Waals surface area (Å²) < 4.78 is 7.56. The SMILES string of the molecule is CCCCCCCCOCc1ccc(N)cc1.IC(I)I.ICI.O=[N+]([O-])c1ccc(CBr)cc1. The van der Waals surface area contributed by atoms with Gasteiger partial charge in [0.05, 0.1) is 14.0 Å². The first-order valence-corrected chi connectivity index (χ1v) is 18.9. The molecule has 0 atom stereocenters. The number of non-ortho nitro benzene ring substituents is 1. The average molecular weight is 1110 g/mol. The Morgan fingerprint density at radius 1 is 0.914 bits per heavy atom. The fourth-order valence-electron chi connectivity index (χ4n) is 2.50. The van der Waals surface area contributed by atoms with Crippen LogP contribution in [0.15, 0.2) is 48.5 Å². The van der Waals surface area contributed by atoms with E-state index in [1.165, 1.54) is 58.7 Å². The third kappa shape index (κ3) is 28.6. The van der Waals surface area contributed by atoms with Crippen LogP contribution in [0.4, 0.5) is 11.4 Å². The smallest absolute Gasteiger partial charge is 0.269 e. The number of nitro benzene ring substituents is 1. The van der Waals surface area contributed by atoms with Gasteiger partial charge in [-0.15, -0.1) is 0 Å². The molecule has 200 valence electrons. The van der Waals surface area contributed by atoms with E-state index in [2.05, 4.69) is 136 Å². The van der Waals surface area contributed by atoms with Crippen molar-refractivity contribution in [2.24, 2.45) is 0 Å². The Labute approximate surface area is 287 Å². The summed E-state index contributed by atoms with van der Waals surface area (Å²) >= 11 is 14.7. The van der Waals surface area contributed by atoms with Crippen LogP contribution in [-0.2, 0) is 16.7 Å². The van der Waals surface area contributed by atoms with Crippen LogP contribution in [0.2, 0.25) is 0 Å². The Morgan fingerprint density at radius 3 is 1.83 bits per heavy atom. The summed E-state index contributed by atoms with van der Waals surface area (Å²) in [6.07, 6.45) is 7.87. The first-order valence-electron chi connectivity index (χ1n) is 11.0. The Bertz CT molecular complexity index is 736. The lowest BCUT2D eigenvalue weighted by Crippen LogP contribution is -1.96. The van der Waals surface area contributed by atoms with Crippen molar-refractivity contribution in [3.8, 4) is 0 Å². The van der Waals surface area contributed by atoms with Gasteiger partial charge in [0.1, 0.15) is -0.0619 Å². The Balaban J connectivity index is 0. The monoisotopic (exact) mass is 1110 g/mol. The molecule has 0 aliphatic rings. The Hall–Kier alpha value is 1.73. The van der Waals surface area contributed by atoms with E-state index in [-0.39, 0.29) is 5.69 Å². The van der Waals surface area contributed by atoms with Crippen LogP contribution < -0.4 is 5.73 Å². The number of halogens is 6. The van der Waals surface area contributed by atoms with Crippen molar-refractivity contribution in [3.63, 3.8) is 0 Å². The van der Waals surface area contributed by atoms with Gasteiger partial charge >= 0.3 is 0 Å². The number of anilines is 1. The van der Waals surface area contributed by atoms with E-state index in [1.54, 1.807) is 12.1 Å². The quantitative estimate of drug-likeness (QED) is 0.0607. The molecule has 11 heteroatoms. The highest BCUT2D eigenvalue weighted by molar-refractivity contribution is 14.3. The standard InChI is InChI=1S/C15H25NO.C7H6BrNO2.CHI3.CH2I2/c1-2-3-4-5-6-7-12-17-13-14-8-10-15(16)11-9-14;8-5-6-1-3-7(4-2-6)9(10)11;2-1(3)4;2-1-3/h8-11H,2-7,12-13,16H2,1H3;1-4H,5H2;1H;1H2. The molecule has 0 amide bonds. The molecule has 0 aromatic heterocycles. The number of nitrogen functional groups attached to an aromatic ring is 1. The van der Waals surface area contributed by atoms with Crippen LogP contribution in [0.1, 0.15) is 56.6 Å². The number of unbranched alkanes of at least 4 members (excludes halogenated alkanes) is 5. The van der Waals surface area contributed by atoms with Crippen LogP contribution in [0.25, 0.3) is 0 Å². The zero-order chi connectivity index (χ0) is 26.9. The summed E-state index contributed by atoms with van der Waals surface area (Å²) in [7, 11) is 0. The Morgan fingerprint density at radius 2 is 1.37 bits per heavy atom. The summed E-state index contributed by atoms with van der Waals surface area (Å²) in [5.41, 5.74) is 8.80. The predicted molar refractivity (Wildman–Crippen MR) is 198 cm³/mol. The number of benzene rings is 2. The number of alkyl halides is 6. The van der Waals surface area contributed by atoms with E-state index < -0.39 is 4.92 Å². The van der Waals surface area contributed by atoms with E-state index in [0.29, 0.717) is 6.61 Å². The van der Waals surface area contributed by atoms with Gasteiger partial charge in [0, 0.05) is 29.8 Å². The zero-order valence-corrected chi connectivity index (χ0v) is 32.2. The molecular formula is C24H34BrI5N2O3.